The summed E-state index contributed by atoms with van der Waals surface area (Å²) in [4.78, 5) is 22.9. The van der Waals surface area contributed by atoms with Gasteiger partial charge in [-0.1, -0.05) is 6.92 Å². The molecule has 1 atom stereocenters. The topological polar surface area (TPSA) is 93.5 Å². The first-order valence-electron chi connectivity index (χ1n) is 5.50. The highest BCUT2D eigenvalue weighted by Crippen LogP contribution is 2.14. The zero-order valence-corrected chi connectivity index (χ0v) is 9.54. The van der Waals surface area contributed by atoms with E-state index in [1.54, 1.807) is 0 Å². The van der Waals surface area contributed by atoms with Gasteiger partial charge in [0, 0.05) is 13.2 Å². The number of rotatable bonds is 5. The summed E-state index contributed by atoms with van der Waals surface area (Å²) in [5.41, 5.74) is 4.85. The van der Waals surface area contributed by atoms with E-state index < -0.39 is 5.54 Å². The number of hydrogen-bond acceptors (Lipinski definition) is 4. The average molecular weight is 229 g/mol. The van der Waals surface area contributed by atoms with Gasteiger partial charge in [-0.2, -0.15) is 0 Å². The Hall–Kier alpha value is -1.14. The van der Waals surface area contributed by atoms with Crippen LogP contribution in [0.25, 0.3) is 0 Å². The molecule has 2 amide bonds. The molecule has 0 saturated carbocycles. The molecule has 6 nitrogen and oxygen atoms in total. The number of ether oxygens (including phenoxy) is 1. The number of nitrogens with one attached hydrogen (secondary N) is 2. The van der Waals surface area contributed by atoms with E-state index in [4.69, 9.17) is 10.5 Å². The van der Waals surface area contributed by atoms with Gasteiger partial charge in [-0.25, -0.2) is 0 Å². The van der Waals surface area contributed by atoms with Crippen LogP contribution < -0.4 is 16.4 Å². The van der Waals surface area contributed by atoms with E-state index >= 15 is 0 Å². The summed E-state index contributed by atoms with van der Waals surface area (Å²) in [5.74, 6) is -0.519. The first-order valence-corrected chi connectivity index (χ1v) is 5.50. The normalized spacial score (nSPS) is 24.1. The second-order valence-corrected chi connectivity index (χ2v) is 3.99. The van der Waals surface area contributed by atoms with Crippen molar-refractivity contribution in [1.29, 1.82) is 0 Å². The van der Waals surface area contributed by atoms with Crippen molar-refractivity contribution < 1.29 is 14.3 Å². The molecule has 1 saturated heterocycles. The Bertz CT molecular complexity index is 262. The van der Waals surface area contributed by atoms with Gasteiger partial charge in [-0.3, -0.25) is 9.59 Å². The summed E-state index contributed by atoms with van der Waals surface area (Å²) in [6.45, 7) is 3.26. The number of carbonyl (C=O) groups excluding carboxylic acids is 2. The van der Waals surface area contributed by atoms with Crippen molar-refractivity contribution in [3.63, 3.8) is 0 Å². The lowest BCUT2D eigenvalue weighted by Crippen LogP contribution is -2.56. The fourth-order valence-electron chi connectivity index (χ4n) is 1.42. The third-order valence-corrected chi connectivity index (χ3v) is 2.49. The van der Waals surface area contributed by atoms with E-state index in [1.807, 2.05) is 6.92 Å². The van der Waals surface area contributed by atoms with Gasteiger partial charge in [0.1, 0.15) is 5.54 Å². The van der Waals surface area contributed by atoms with Crippen molar-refractivity contribution in [1.82, 2.24) is 10.6 Å². The molecule has 0 aliphatic carbocycles. The molecule has 1 aliphatic rings. The lowest BCUT2D eigenvalue weighted by atomic mass is 9.99. The number of carbonyl (C=O) groups is 2. The summed E-state index contributed by atoms with van der Waals surface area (Å²) in [7, 11) is 0. The van der Waals surface area contributed by atoms with Gasteiger partial charge in [0.2, 0.25) is 11.8 Å². The Morgan fingerprint density at radius 3 is 2.75 bits per heavy atom. The largest absolute Gasteiger partial charge is 0.379 e. The van der Waals surface area contributed by atoms with Gasteiger partial charge in [-0.15, -0.1) is 0 Å². The fraction of sp³-hybridized carbons (Fsp3) is 0.800. The predicted octanol–water partition coefficient (Wildman–Crippen LogP) is -1.25. The third-order valence-electron chi connectivity index (χ3n) is 2.49. The maximum absolute atomic E-state index is 11.6. The van der Waals surface area contributed by atoms with E-state index in [2.05, 4.69) is 10.6 Å². The minimum Gasteiger partial charge on any atom is -0.379 e. The molecular formula is C10H19N3O3. The summed E-state index contributed by atoms with van der Waals surface area (Å²) in [6, 6.07) is 0. The zero-order chi connectivity index (χ0) is 12.0. The maximum Gasteiger partial charge on any atom is 0.243 e. The highest BCUT2D eigenvalue weighted by Gasteiger charge is 2.38. The molecule has 0 aromatic carbocycles. The minimum atomic E-state index is -0.967. The molecule has 0 radical (unpaired) electrons. The van der Waals surface area contributed by atoms with Crippen molar-refractivity contribution in [2.24, 2.45) is 5.73 Å². The minimum absolute atomic E-state index is 0.0300. The van der Waals surface area contributed by atoms with Gasteiger partial charge in [0.25, 0.3) is 0 Å². The lowest BCUT2D eigenvalue weighted by molar-refractivity contribution is -0.129. The Balaban J connectivity index is 2.26. The Morgan fingerprint density at radius 2 is 2.19 bits per heavy atom. The van der Waals surface area contributed by atoms with E-state index in [-0.39, 0.29) is 25.0 Å². The van der Waals surface area contributed by atoms with Crippen LogP contribution in [0.15, 0.2) is 0 Å². The van der Waals surface area contributed by atoms with Gasteiger partial charge in [0.15, 0.2) is 0 Å². The molecule has 92 valence electrons. The highest BCUT2D eigenvalue weighted by molar-refractivity contribution is 5.90. The molecule has 6 heteroatoms. The van der Waals surface area contributed by atoms with Crippen molar-refractivity contribution in [2.45, 2.75) is 25.3 Å². The molecule has 1 unspecified atom stereocenters. The maximum atomic E-state index is 11.6. The van der Waals surface area contributed by atoms with E-state index in [9.17, 15) is 9.59 Å². The molecule has 0 spiro atoms. The molecule has 0 bridgehead atoms. The first-order chi connectivity index (χ1) is 7.58. The van der Waals surface area contributed by atoms with Crippen molar-refractivity contribution in [3.05, 3.63) is 0 Å². The molecule has 1 aliphatic heterocycles. The van der Waals surface area contributed by atoms with Gasteiger partial charge < -0.3 is 21.1 Å². The van der Waals surface area contributed by atoms with Gasteiger partial charge in [0.05, 0.1) is 13.2 Å². The van der Waals surface area contributed by atoms with Crippen molar-refractivity contribution >= 4 is 11.8 Å². The van der Waals surface area contributed by atoms with Crippen molar-refractivity contribution in [2.75, 3.05) is 26.3 Å². The second-order valence-electron chi connectivity index (χ2n) is 3.99. The molecule has 1 heterocycles. The predicted molar refractivity (Wildman–Crippen MR) is 58.7 cm³/mol. The Labute approximate surface area is 94.9 Å². The van der Waals surface area contributed by atoms with Crippen LogP contribution in [0.1, 0.15) is 19.8 Å². The van der Waals surface area contributed by atoms with E-state index in [0.717, 1.165) is 6.42 Å². The molecular weight excluding hydrogens is 210 g/mol. The first kappa shape index (κ1) is 12.9. The third kappa shape index (κ3) is 3.46. The summed E-state index contributed by atoms with van der Waals surface area (Å²) >= 11 is 0. The van der Waals surface area contributed by atoms with Crippen LogP contribution >= 0.6 is 0 Å². The molecule has 0 aromatic heterocycles. The second kappa shape index (κ2) is 5.81. The molecule has 1 fully saturated rings. The van der Waals surface area contributed by atoms with Crippen LogP contribution in [0.2, 0.25) is 0 Å². The quantitative estimate of drug-likeness (QED) is 0.549. The van der Waals surface area contributed by atoms with Crippen LogP contribution in [0.5, 0.6) is 0 Å². The molecule has 16 heavy (non-hydrogen) atoms. The van der Waals surface area contributed by atoms with Crippen molar-refractivity contribution in [3.8, 4) is 0 Å². The van der Waals surface area contributed by atoms with Crippen LogP contribution in [-0.2, 0) is 14.3 Å². The number of nitrogens with two attached hydrogens (primary N) is 1. The number of amides is 2. The van der Waals surface area contributed by atoms with Crippen LogP contribution in [0.4, 0.5) is 0 Å². The Morgan fingerprint density at radius 1 is 1.44 bits per heavy atom. The van der Waals surface area contributed by atoms with E-state index in [1.165, 1.54) is 0 Å². The molecule has 4 N–H and O–H groups in total. The highest BCUT2D eigenvalue weighted by atomic mass is 16.5. The van der Waals surface area contributed by atoms with Crippen LogP contribution in [0.3, 0.4) is 0 Å². The smallest absolute Gasteiger partial charge is 0.243 e. The Kier molecular flexibility index (Phi) is 4.70. The number of hydrogen-bond donors (Lipinski definition) is 3. The molecule has 0 aromatic rings. The van der Waals surface area contributed by atoms with Gasteiger partial charge in [-0.05, 0) is 12.8 Å². The lowest BCUT2D eigenvalue weighted by Gasteiger charge is -2.20. The van der Waals surface area contributed by atoms with E-state index in [0.29, 0.717) is 19.6 Å². The summed E-state index contributed by atoms with van der Waals surface area (Å²) < 4.78 is 5.07. The SMILES string of the molecule is CCCNC(=O)CNC(=O)C1(N)CCOC1. The average Bonchev–Trinajstić information content (AvgIpc) is 2.71. The fourth-order valence-corrected chi connectivity index (χ4v) is 1.42. The van der Waals surface area contributed by atoms with Crippen LogP contribution in [-0.4, -0.2) is 43.7 Å². The van der Waals surface area contributed by atoms with Gasteiger partial charge >= 0.3 is 0 Å². The summed E-state index contributed by atoms with van der Waals surface area (Å²) in [5, 5.41) is 5.18. The zero-order valence-electron chi connectivity index (χ0n) is 9.54. The standard InChI is InChI=1S/C10H19N3O3/c1-2-4-12-8(14)6-13-9(15)10(11)3-5-16-7-10/h2-7,11H2,1H3,(H,12,14)(H,13,15). The summed E-state index contributed by atoms with van der Waals surface area (Å²) in [6.07, 6.45) is 1.36. The van der Waals surface area contributed by atoms with Crippen LogP contribution in [0, 0.1) is 0 Å². The monoisotopic (exact) mass is 229 g/mol. The molecule has 1 rings (SSSR count).